The van der Waals surface area contributed by atoms with Gasteiger partial charge in [-0.2, -0.15) is 0 Å². The lowest BCUT2D eigenvalue weighted by molar-refractivity contribution is -0.155. The van der Waals surface area contributed by atoms with Crippen LogP contribution >= 0.6 is 0 Å². The number of esters is 2. The Morgan fingerprint density at radius 2 is 1.94 bits per heavy atom. The lowest BCUT2D eigenvalue weighted by Gasteiger charge is -2.34. The number of carbonyl (C=O) groups excluding carboxylic acids is 2. The molecule has 0 amide bonds. The molecule has 0 aromatic heterocycles. The molecule has 1 aliphatic heterocycles. The molecule has 0 saturated carbocycles. The average molecular weight is 257 g/mol. The molecule has 2 atom stereocenters. The lowest BCUT2D eigenvalue weighted by atomic mass is 9.97. The molecular weight excluding hydrogens is 234 g/mol. The Bertz CT molecular complexity index is 277. The molecule has 0 aromatic rings. The standard InChI is InChI=1S/C13H23NO4/c1-4-17-12(15)10(3)14-8-6-7-11(9-14)13(16)18-5-2/h10-11H,4-9H2,1-3H3. The number of ether oxygens (including phenoxy) is 2. The summed E-state index contributed by atoms with van der Waals surface area (Å²) in [5, 5.41) is 0. The molecule has 2 unspecified atom stereocenters. The Morgan fingerprint density at radius 1 is 1.28 bits per heavy atom. The van der Waals surface area contributed by atoms with Gasteiger partial charge < -0.3 is 9.47 Å². The maximum atomic E-state index is 11.7. The second kappa shape index (κ2) is 7.36. The molecule has 0 aromatic carbocycles. The van der Waals surface area contributed by atoms with E-state index in [1.54, 1.807) is 13.8 Å². The van der Waals surface area contributed by atoms with Crippen molar-refractivity contribution >= 4 is 11.9 Å². The third-order valence-electron chi connectivity index (χ3n) is 3.25. The van der Waals surface area contributed by atoms with E-state index in [1.165, 1.54) is 0 Å². The first-order chi connectivity index (χ1) is 8.60. The molecule has 1 saturated heterocycles. The molecule has 0 bridgehead atoms. The number of carbonyl (C=O) groups is 2. The fourth-order valence-electron chi connectivity index (χ4n) is 2.22. The van der Waals surface area contributed by atoms with Gasteiger partial charge in [-0.15, -0.1) is 0 Å². The molecule has 1 heterocycles. The third-order valence-corrected chi connectivity index (χ3v) is 3.25. The SMILES string of the molecule is CCOC(=O)C1CCCN(C(C)C(=O)OCC)C1. The van der Waals surface area contributed by atoms with E-state index >= 15 is 0 Å². The van der Waals surface area contributed by atoms with Crippen LogP contribution in [-0.2, 0) is 19.1 Å². The van der Waals surface area contributed by atoms with E-state index in [9.17, 15) is 9.59 Å². The van der Waals surface area contributed by atoms with Crippen LogP contribution in [0, 0.1) is 5.92 Å². The van der Waals surface area contributed by atoms with Gasteiger partial charge in [-0.1, -0.05) is 0 Å². The largest absolute Gasteiger partial charge is 0.466 e. The van der Waals surface area contributed by atoms with Crippen molar-refractivity contribution in [3.63, 3.8) is 0 Å². The van der Waals surface area contributed by atoms with Crippen molar-refractivity contribution in [2.45, 2.75) is 39.7 Å². The van der Waals surface area contributed by atoms with Crippen LogP contribution in [0.5, 0.6) is 0 Å². The molecule has 5 heteroatoms. The third kappa shape index (κ3) is 3.98. The Labute approximate surface area is 108 Å². The first-order valence-electron chi connectivity index (χ1n) is 6.67. The number of likely N-dealkylation sites (tertiary alicyclic amines) is 1. The molecular formula is C13H23NO4. The molecule has 104 valence electrons. The molecule has 5 nitrogen and oxygen atoms in total. The van der Waals surface area contributed by atoms with Crippen LogP contribution in [0.1, 0.15) is 33.6 Å². The van der Waals surface area contributed by atoms with Crippen molar-refractivity contribution in [1.29, 1.82) is 0 Å². The number of nitrogens with zero attached hydrogens (tertiary/aromatic N) is 1. The van der Waals surface area contributed by atoms with Crippen molar-refractivity contribution in [3.8, 4) is 0 Å². The van der Waals surface area contributed by atoms with Crippen molar-refractivity contribution in [2.24, 2.45) is 5.92 Å². The van der Waals surface area contributed by atoms with Crippen LogP contribution in [0.25, 0.3) is 0 Å². The highest BCUT2D eigenvalue weighted by Crippen LogP contribution is 2.20. The summed E-state index contributed by atoms with van der Waals surface area (Å²) in [4.78, 5) is 25.4. The second-order valence-electron chi connectivity index (χ2n) is 4.51. The topological polar surface area (TPSA) is 55.8 Å². The van der Waals surface area contributed by atoms with Gasteiger partial charge in [-0.25, -0.2) is 0 Å². The van der Waals surface area contributed by atoms with Gasteiger partial charge in [0.1, 0.15) is 6.04 Å². The zero-order valence-electron chi connectivity index (χ0n) is 11.5. The van der Waals surface area contributed by atoms with Gasteiger partial charge in [-0.3, -0.25) is 14.5 Å². The Balaban J connectivity index is 2.52. The van der Waals surface area contributed by atoms with Gasteiger partial charge >= 0.3 is 11.9 Å². The smallest absolute Gasteiger partial charge is 0.323 e. The van der Waals surface area contributed by atoms with Crippen molar-refractivity contribution in [1.82, 2.24) is 4.90 Å². The Kier molecular flexibility index (Phi) is 6.12. The highest BCUT2D eigenvalue weighted by atomic mass is 16.5. The van der Waals surface area contributed by atoms with Crippen LogP contribution in [-0.4, -0.2) is 49.2 Å². The van der Waals surface area contributed by atoms with Crippen LogP contribution in [0.4, 0.5) is 0 Å². The van der Waals surface area contributed by atoms with Crippen LogP contribution in [0.3, 0.4) is 0 Å². The van der Waals surface area contributed by atoms with Crippen LogP contribution < -0.4 is 0 Å². The monoisotopic (exact) mass is 257 g/mol. The van der Waals surface area contributed by atoms with E-state index in [1.807, 2.05) is 11.8 Å². The molecule has 0 aliphatic carbocycles. The number of rotatable bonds is 5. The fraction of sp³-hybridized carbons (Fsp3) is 0.846. The van der Waals surface area contributed by atoms with Crippen LogP contribution in [0.15, 0.2) is 0 Å². The molecule has 0 N–H and O–H groups in total. The van der Waals surface area contributed by atoms with Gasteiger partial charge in [-0.05, 0) is 40.2 Å². The summed E-state index contributed by atoms with van der Waals surface area (Å²) in [6.07, 6.45) is 1.75. The van der Waals surface area contributed by atoms with E-state index in [2.05, 4.69) is 0 Å². The fourth-order valence-corrected chi connectivity index (χ4v) is 2.22. The summed E-state index contributed by atoms with van der Waals surface area (Å²) >= 11 is 0. The number of piperidine rings is 1. The Hall–Kier alpha value is -1.10. The van der Waals surface area contributed by atoms with Gasteiger partial charge in [0.2, 0.25) is 0 Å². The zero-order chi connectivity index (χ0) is 13.5. The molecule has 1 aliphatic rings. The van der Waals surface area contributed by atoms with Gasteiger partial charge in [0.15, 0.2) is 0 Å². The quantitative estimate of drug-likeness (QED) is 0.693. The summed E-state index contributed by atoms with van der Waals surface area (Å²) < 4.78 is 10.0. The lowest BCUT2D eigenvalue weighted by Crippen LogP contribution is -2.47. The van der Waals surface area contributed by atoms with Crippen LogP contribution in [0.2, 0.25) is 0 Å². The van der Waals surface area contributed by atoms with Crippen molar-refractivity contribution in [2.75, 3.05) is 26.3 Å². The normalized spacial score (nSPS) is 22.3. The zero-order valence-corrected chi connectivity index (χ0v) is 11.5. The van der Waals surface area contributed by atoms with Gasteiger partial charge in [0.25, 0.3) is 0 Å². The summed E-state index contributed by atoms with van der Waals surface area (Å²) in [7, 11) is 0. The minimum Gasteiger partial charge on any atom is -0.466 e. The first-order valence-corrected chi connectivity index (χ1v) is 6.67. The van der Waals surface area contributed by atoms with E-state index < -0.39 is 0 Å². The number of hydrogen-bond donors (Lipinski definition) is 0. The molecule has 1 rings (SSSR count). The second-order valence-corrected chi connectivity index (χ2v) is 4.51. The minimum atomic E-state index is -0.290. The summed E-state index contributed by atoms with van der Waals surface area (Å²) in [5.74, 6) is -0.490. The summed E-state index contributed by atoms with van der Waals surface area (Å²) in [6, 6.07) is -0.290. The predicted octanol–water partition coefficient (Wildman–Crippen LogP) is 1.21. The summed E-state index contributed by atoms with van der Waals surface area (Å²) in [5.41, 5.74) is 0. The minimum absolute atomic E-state index is 0.115. The predicted molar refractivity (Wildman–Crippen MR) is 67.0 cm³/mol. The van der Waals surface area contributed by atoms with Gasteiger partial charge in [0, 0.05) is 6.54 Å². The van der Waals surface area contributed by atoms with E-state index in [4.69, 9.17) is 9.47 Å². The first kappa shape index (κ1) is 15.0. The molecule has 0 radical (unpaired) electrons. The Morgan fingerprint density at radius 3 is 2.56 bits per heavy atom. The number of hydrogen-bond acceptors (Lipinski definition) is 5. The molecule has 1 fully saturated rings. The summed E-state index contributed by atoms with van der Waals surface area (Å²) in [6.45, 7) is 7.63. The average Bonchev–Trinajstić information content (AvgIpc) is 2.38. The van der Waals surface area contributed by atoms with Gasteiger partial charge in [0.05, 0.1) is 19.1 Å². The highest BCUT2D eigenvalue weighted by Gasteiger charge is 2.31. The van der Waals surface area contributed by atoms with Crippen molar-refractivity contribution < 1.29 is 19.1 Å². The van der Waals surface area contributed by atoms with Crippen molar-refractivity contribution in [3.05, 3.63) is 0 Å². The molecule has 0 spiro atoms. The van der Waals surface area contributed by atoms with E-state index in [0.29, 0.717) is 19.8 Å². The van der Waals surface area contributed by atoms with E-state index in [-0.39, 0.29) is 23.9 Å². The van der Waals surface area contributed by atoms with E-state index in [0.717, 1.165) is 19.4 Å². The maximum absolute atomic E-state index is 11.7. The molecule has 18 heavy (non-hydrogen) atoms. The highest BCUT2D eigenvalue weighted by molar-refractivity contribution is 5.76. The maximum Gasteiger partial charge on any atom is 0.323 e.